The number of nitrogens with zero attached hydrogens (tertiary/aromatic N) is 2. The minimum atomic E-state index is -0.333. The number of rotatable bonds is 10. The molecule has 2 heterocycles. The number of hydrogen-bond donors (Lipinski definition) is 1. The molecule has 1 N–H and O–H groups in total. The number of nitrogens with one attached hydrogen (secondary N) is 1. The molecule has 1 aliphatic rings. The van der Waals surface area contributed by atoms with Gasteiger partial charge in [0.1, 0.15) is 18.1 Å². The number of carbonyl (C=O) groups is 1. The van der Waals surface area contributed by atoms with E-state index in [2.05, 4.69) is 10.2 Å². The second kappa shape index (κ2) is 12.0. The van der Waals surface area contributed by atoms with Gasteiger partial charge in [0.2, 0.25) is 0 Å². The van der Waals surface area contributed by atoms with Gasteiger partial charge >= 0.3 is 0 Å². The monoisotopic (exact) mass is 579 g/mol. The molecule has 0 aliphatic carbocycles. The van der Waals surface area contributed by atoms with Crippen molar-refractivity contribution in [1.82, 2.24) is 15.1 Å². The van der Waals surface area contributed by atoms with E-state index in [0.29, 0.717) is 41.8 Å². The van der Waals surface area contributed by atoms with Crippen LogP contribution in [-0.4, -0.2) is 41.8 Å². The van der Waals surface area contributed by atoms with E-state index in [4.69, 9.17) is 25.8 Å². The Morgan fingerprint density at radius 1 is 0.857 bits per heavy atom. The third-order valence-corrected chi connectivity index (χ3v) is 7.77. The molecule has 6 rings (SSSR count). The van der Waals surface area contributed by atoms with E-state index in [1.807, 2.05) is 102 Å². The first kappa shape index (κ1) is 27.4. The van der Waals surface area contributed by atoms with E-state index >= 15 is 0 Å². The SMILES string of the molecule is COc1ccc(CCN2C(=O)c3[nH]nc(-c4ccc(Cl)cc4)c3C2c2ccc(OCc3ccccc3)cc2)cc1OC. The lowest BCUT2D eigenvalue weighted by molar-refractivity contribution is 0.0746. The molecule has 1 unspecified atom stereocenters. The summed E-state index contributed by atoms with van der Waals surface area (Å²) in [5, 5.41) is 8.23. The van der Waals surface area contributed by atoms with Crippen LogP contribution in [0.2, 0.25) is 5.02 Å². The number of carbonyl (C=O) groups excluding carboxylic acids is 1. The maximum Gasteiger partial charge on any atom is 0.273 e. The van der Waals surface area contributed by atoms with Crippen LogP contribution in [0.4, 0.5) is 0 Å². The highest BCUT2D eigenvalue weighted by Gasteiger charge is 2.42. The Morgan fingerprint density at radius 3 is 2.31 bits per heavy atom. The largest absolute Gasteiger partial charge is 0.493 e. The zero-order valence-electron chi connectivity index (χ0n) is 23.3. The summed E-state index contributed by atoms with van der Waals surface area (Å²) in [5.41, 5.74) is 6.08. The average Bonchev–Trinajstić information content (AvgIpc) is 3.58. The molecule has 0 fully saturated rings. The van der Waals surface area contributed by atoms with Gasteiger partial charge in [-0.2, -0.15) is 5.10 Å². The quantitative estimate of drug-likeness (QED) is 0.191. The van der Waals surface area contributed by atoms with Crippen molar-refractivity contribution in [3.05, 3.63) is 130 Å². The Morgan fingerprint density at radius 2 is 1.60 bits per heavy atom. The van der Waals surface area contributed by atoms with Crippen LogP contribution < -0.4 is 14.2 Å². The van der Waals surface area contributed by atoms with Crippen LogP contribution in [0.1, 0.15) is 38.8 Å². The normalized spacial score (nSPS) is 14.1. The molecule has 8 heteroatoms. The van der Waals surface area contributed by atoms with Gasteiger partial charge in [-0.25, -0.2) is 0 Å². The fourth-order valence-electron chi connectivity index (χ4n) is 5.37. The molecule has 5 aromatic rings. The Balaban J connectivity index is 1.31. The molecule has 4 aromatic carbocycles. The third kappa shape index (κ3) is 5.43. The van der Waals surface area contributed by atoms with Crippen molar-refractivity contribution < 1.29 is 19.0 Å². The van der Waals surface area contributed by atoms with E-state index < -0.39 is 0 Å². The molecule has 1 aromatic heterocycles. The highest BCUT2D eigenvalue weighted by atomic mass is 35.5. The number of hydrogen-bond acceptors (Lipinski definition) is 5. The molecule has 1 amide bonds. The first-order chi connectivity index (χ1) is 20.6. The van der Waals surface area contributed by atoms with Gasteiger partial charge in [0, 0.05) is 22.7 Å². The van der Waals surface area contributed by atoms with Crippen molar-refractivity contribution in [3.8, 4) is 28.5 Å². The molecular formula is C34H30ClN3O4. The molecule has 0 saturated carbocycles. The van der Waals surface area contributed by atoms with Crippen molar-refractivity contribution in [2.45, 2.75) is 19.1 Å². The summed E-state index contributed by atoms with van der Waals surface area (Å²) < 4.78 is 16.9. The Labute approximate surface area is 249 Å². The topological polar surface area (TPSA) is 76.7 Å². The van der Waals surface area contributed by atoms with Crippen LogP contribution in [0.15, 0.2) is 97.1 Å². The van der Waals surface area contributed by atoms with Gasteiger partial charge in [-0.3, -0.25) is 9.89 Å². The van der Waals surface area contributed by atoms with Crippen molar-refractivity contribution in [3.63, 3.8) is 0 Å². The Bertz CT molecular complexity index is 1680. The molecule has 1 aliphatic heterocycles. The summed E-state index contributed by atoms with van der Waals surface area (Å²) in [4.78, 5) is 15.7. The summed E-state index contributed by atoms with van der Waals surface area (Å²) in [6.07, 6.45) is 0.634. The zero-order chi connectivity index (χ0) is 29.1. The van der Waals surface area contributed by atoms with Crippen molar-refractivity contribution in [2.75, 3.05) is 20.8 Å². The number of H-pyrrole nitrogens is 1. The average molecular weight is 580 g/mol. The van der Waals surface area contributed by atoms with Crippen LogP contribution in [0.5, 0.6) is 17.2 Å². The lowest BCUT2D eigenvalue weighted by atomic mass is 9.96. The van der Waals surface area contributed by atoms with Crippen LogP contribution in [0, 0.1) is 0 Å². The van der Waals surface area contributed by atoms with Crippen LogP contribution in [0.25, 0.3) is 11.3 Å². The van der Waals surface area contributed by atoms with Crippen LogP contribution in [-0.2, 0) is 13.0 Å². The molecule has 1 atom stereocenters. The summed E-state index contributed by atoms with van der Waals surface area (Å²) in [6, 6.07) is 31.0. The second-order valence-electron chi connectivity index (χ2n) is 10.1. The minimum Gasteiger partial charge on any atom is -0.493 e. The minimum absolute atomic E-state index is 0.0902. The lowest BCUT2D eigenvalue weighted by Crippen LogP contribution is -2.31. The molecule has 0 saturated heterocycles. The summed E-state index contributed by atoms with van der Waals surface area (Å²) >= 11 is 6.16. The number of ether oxygens (including phenoxy) is 3. The smallest absolute Gasteiger partial charge is 0.273 e. The van der Waals surface area contributed by atoms with Gasteiger partial charge < -0.3 is 19.1 Å². The highest BCUT2D eigenvalue weighted by molar-refractivity contribution is 6.30. The van der Waals surface area contributed by atoms with Crippen molar-refractivity contribution >= 4 is 17.5 Å². The van der Waals surface area contributed by atoms with E-state index in [-0.39, 0.29) is 11.9 Å². The number of fused-ring (bicyclic) bond motifs is 1. The molecular weight excluding hydrogens is 550 g/mol. The van der Waals surface area contributed by atoms with Gasteiger partial charge in [0.05, 0.1) is 26.0 Å². The standard InChI is InChI=1S/C34H30ClN3O4/c1-40-28-17-8-22(20-29(28)41-2)18-19-38-33(25-11-15-27(16-12-25)42-21-23-6-4-3-5-7-23)30-31(36-37-32(30)34(38)39)24-9-13-26(35)14-10-24/h3-17,20,33H,18-19,21H2,1-2H3,(H,36,37). The fraction of sp³-hybridized carbons (Fsp3) is 0.176. The molecule has 7 nitrogen and oxygen atoms in total. The number of methoxy groups -OCH3 is 2. The predicted molar refractivity (Wildman–Crippen MR) is 162 cm³/mol. The lowest BCUT2D eigenvalue weighted by Gasteiger charge is -2.27. The van der Waals surface area contributed by atoms with E-state index in [1.165, 1.54) is 0 Å². The summed E-state index contributed by atoms with van der Waals surface area (Å²) in [7, 11) is 3.23. The molecule has 0 bridgehead atoms. The molecule has 0 radical (unpaired) electrons. The Kier molecular flexibility index (Phi) is 7.84. The number of amides is 1. The van der Waals surface area contributed by atoms with Crippen LogP contribution in [0.3, 0.4) is 0 Å². The molecule has 42 heavy (non-hydrogen) atoms. The number of benzene rings is 4. The van der Waals surface area contributed by atoms with Crippen molar-refractivity contribution in [1.29, 1.82) is 0 Å². The molecule has 212 valence electrons. The van der Waals surface area contributed by atoms with E-state index in [9.17, 15) is 4.79 Å². The maximum atomic E-state index is 13.8. The van der Waals surface area contributed by atoms with Gasteiger partial charge in [-0.05, 0) is 59.5 Å². The van der Waals surface area contributed by atoms with Gasteiger partial charge in [-0.15, -0.1) is 0 Å². The van der Waals surface area contributed by atoms with Gasteiger partial charge in [0.25, 0.3) is 5.91 Å². The van der Waals surface area contributed by atoms with Crippen molar-refractivity contribution in [2.24, 2.45) is 0 Å². The highest BCUT2D eigenvalue weighted by Crippen LogP contribution is 2.43. The van der Waals surface area contributed by atoms with E-state index in [1.54, 1.807) is 14.2 Å². The van der Waals surface area contributed by atoms with Crippen LogP contribution >= 0.6 is 11.6 Å². The Hall–Kier alpha value is -4.75. The van der Waals surface area contributed by atoms with Gasteiger partial charge in [0.15, 0.2) is 11.5 Å². The fourth-order valence-corrected chi connectivity index (χ4v) is 5.50. The number of aromatic amines is 1. The summed E-state index contributed by atoms with van der Waals surface area (Å²) in [6.45, 7) is 0.972. The number of halogens is 1. The first-order valence-corrected chi connectivity index (χ1v) is 14.1. The zero-order valence-corrected chi connectivity index (χ0v) is 24.1. The summed E-state index contributed by atoms with van der Waals surface area (Å²) in [5.74, 6) is 1.99. The van der Waals surface area contributed by atoms with Gasteiger partial charge in [-0.1, -0.05) is 72.3 Å². The molecule has 0 spiro atoms. The number of aromatic nitrogens is 2. The van der Waals surface area contributed by atoms with E-state index in [0.717, 1.165) is 39.3 Å². The first-order valence-electron chi connectivity index (χ1n) is 13.7. The maximum absolute atomic E-state index is 13.8. The second-order valence-corrected chi connectivity index (χ2v) is 10.5. The predicted octanol–water partition coefficient (Wildman–Crippen LogP) is 7.11. The third-order valence-electron chi connectivity index (χ3n) is 7.51.